The van der Waals surface area contributed by atoms with Crippen molar-refractivity contribution in [1.29, 1.82) is 0 Å². The summed E-state index contributed by atoms with van der Waals surface area (Å²) in [5.74, 6) is 0.773. The van der Waals surface area contributed by atoms with Gasteiger partial charge in [-0.2, -0.15) is 0 Å². The van der Waals surface area contributed by atoms with Gasteiger partial charge in [0.15, 0.2) is 5.65 Å². The minimum absolute atomic E-state index is 0.224. The van der Waals surface area contributed by atoms with E-state index in [0.29, 0.717) is 0 Å². The molecule has 0 saturated heterocycles. The van der Waals surface area contributed by atoms with Crippen LogP contribution in [0.1, 0.15) is 29.3 Å². The number of benzene rings is 1. The number of nitrogens with zero attached hydrogens (tertiary/aromatic N) is 3. The van der Waals surface area contributed by atoms with Crippen molar-refractivity contribution in [3.05, 3.63) is 52.4 Å². The molecule has 0 aliphatic rings. The zero-order valence-corrected chi connectivity index (χ0v) is 13.6. The molecule has 0 aliphatic heterocycles. The number of halogens is 2. The average Bonchev–Trinajstić information content (AvgIpc) is 2.80. The number of imidazole rings is 1. The summed E-state index contributed by atoms with van der Waals surface area (Å²) in [6.45, 7) is 5.90. The Hall–Kier alpha value is -1.58. The Morgan fingerprint density at radius 1 is 1.24 bits per heavy atom. The second-order valence-corrected chi connectivity index (χ2v) is 6.22. The van der Waals surface area contributed by atoms with Gasteiger partial charge >= 0.3 is 0 Å². The summed E-state index contributed by atoms with van der Waals surface area (Å²) < 4.78 is 1.99. The molecule has 1 aromatic carbocycles. The van der Waals surface area contributed by atoms with E-state index in [2.05, 4.69) is 9.97 Å². The molecule has 0 saturated carbocycles. The molecule has 5 heteroatoms. The molecule has 0 radical (unpaired) electrons. The Morgan fingerprint density at radius 2 is 2.00 bits per heavy atom. The first-order valence-electron chi connectivity index (χ1n) is 6.73. The van der Waals surface area contributed by atoms with E-state index < -0.39 is 0 Å². The van der Waals surface area contributed by atoms with E-state index in [1.807, 2.05) is 55.8 Å². The van der Waals surface area contributed by atoms with Gasteiger partial charge in [0.25, 0.3) is 0 Å². The smallest absolute Gasteiger partial charge is 0.164 e. The molecule has 3 rings (SSSR count). The van der Waals surface area contributed by atoms with Gasteiger partial charge in [-0.3, -0.25) is 4.57 Å². The number of rotatable bonds is 2. The van der Waals surface area contributed by atoms with Crippen LogP contribution in [-0.2, 0) is 0 Å². The number of pyridine rings is 1. The van der Waals surface area contributed by atoms with Crippen LogP contribution >= 0.6 is 23.2 Å². The molecule has 1 unspecified atom stereocenters. The fourth-order valence-corrected chi connectivity index (χ4v) is 2.74. The van der Waals surface area contributed by atoms with Crippen molar-refractivity contribution in [3.8, 4) is 5.69 Å². The maximum atomic E-state index is 6.32. The Balaban J connectivity index is 2.39. The van der Waals surface area contributed by atoms with Crippen LogP contribution in [0.4, 0.5) is 0 Å². The summed E-state index contributed by atoms with van der Waals surface area (Å²) in [5, 5.41) is 0.493. The lowest BCUT2D eigenvalue weighted by Crippen LogP contribution is -2.04. The Labute approximate surface area is 133 Å². The molecule has 0 aliphatic carbocycles. The third-order valence-electron chi connectivity index (χ3n) is 3.50. The van der Waals surface area contributed by atoms with E-state index in [9.17, 15) is 0 Å². The molecule has 0 fully saturated rings. The minimum Gasteiger partial charge on any atom is -0.279 e. The molecule has 0 spiro atoms. The highest BCUT2D eigenvalue weighted by Gasteiger charge is 2.19. The van der Waals surface area contributed by atoms with E-state index in [1.54, 1.807) is 0 Å². The molecule has 2 heterocycles. The number of hydrogen-bond acceptors (Lipinski definition) is 2. The monoisotopic (exact) mass is 319 g/mol. The number of aromatic nitrogens is 3. The lowest BCUT2D eigenvalue weighted by Gasteiger charge is -2.13. The van der Waals surface area contributed by atoms with Gasteiger partial charge in [-0.25, -0.2) is 9.97 Å². The average molecular weight is 320 g/mol. The predicted octanol–water partition coefficient (Wildman–Crippen LogP) is 4.99. The molecule has 0 bridgehead atoms. The van der Waals surface area contributed by atoms with Gasteiger partial charge in [0.1, 0.15) is 11.3 Å². The zero-order valence-electron chi connectivity index (χ0n) is 12.1. The molecule has 21 heavy (non-hydrogen) atoms. The fourth-order valence-electron chi connectivity index (χ4n) is 2.43. The van der Waals surface area contributed by atoms with Crippen molar-refractivity contribution < 1.29 is 0 Å². The largest absolute Gasteiger partial charge is 0.279 e. The summed E-state index contributed by atoms with van der Waals surface area (Å²) in [6.07, 6.45) is 1.84. The molecule has 1 atom stereocenters. The normalized spacial score (nSPS) is 12.8. The van der Waals surface area contributed by atoms with E-state index in [1.165, 1.54) is 0 Å². The number of alkyl halides is 1. The van der Waals surface area contributed by atoms with Crippen molar-refractivity contribution >= 4 is 34.4 Å². The van der Waals surface area contributed by atoms with E-state index >= 15 is 0 Å². The quantitative estimate of drug-likeness (QED) is 0.623. The highest BCUT2D eigenvalue weighted by molar-refractivity contribution is 6.31. The van der Waals surface area contributed by atoms with E-state index in [-0.39, 0.29) is 5.38 Å². The van der Waals surface area contributed by atoms with Gasteiger partial charge in [0, 0.05) is 11.2 Å². The third-order valence-corrected chi connectivity index (χ3v) is 4.10. The Morgan fingerprint density at radius 3 is 2.71 bits per heavy atom. The van der Waals surface area contributed by atoms with Crippen LogP contribution in [0, 0.1) is 13.8 Å². The number of aryl methyl sites for hydroxylation is 1. The summed E-state index contributed by atoms with van der Waals surface area (Å²) in [6, 6.07) is 7.82. The minimum atomic E-state index is -0.224. The lowest BCUT2D eigenvalue weighted by molar-refractivity contribution is 0.872. The highest BCUT2D eigenvalue weighted by atomic mass is 35.5. The topological polar surface area (TPSA) is 30.7 Å². The van der Waals surface area contributed by atoms with Crippen LogP contribution in [0.15, 0.2) is 30.5 Å². The molecule has 108 valence electrons. The molecule has 0 N–H and O–H groups in total. The molecule has 3 aromatic rings. The summed E-state index contributed by atoms with van der Waals surface area (Å²) in [5.41, 5.74) is 4.66. The van der Waals surface area contributed by atoms with Gasteiger partial charge < -0.3 is 0 Å². The lowest BCUT2D eigenvalue weighted by atomic mass is 10.2. The van der Waals surface area contributed by atoms with Crippen molar-refractivity contribution in [2.24, 2.45) is 0 Å². The van der Waals surface area contributed by atoms with Crippen molar-refractivity contribution in [1.82, 2.24) is 14.5 Å². The molecule has 2 aromatic heterocycles. The first-order chi connectivity index (χ1) is 9.99. The maximum absolute atomic E-state index is 6.32. The summed E-state index contributed by atoms with van der Waals surface area (Å²) in [4.78, 5) is 9.18. The number of hydrogen-bond donors (Lipinski definition) is 0. The van der Waals surface area contributed by atoms with Crippen molar-refractivity contribution in [3.63, 3.8) is 0 Å². The van der Waals surface area contributed by atoms with Crippen LogP contribution in [0.2, 0.25) is 5.02 Å². The van der Waals surface area contributed by atoms with Crippen LogP contribution < -0.4 is 0 Å². The zero-order chi connectivity index (χ0) is 15.1. The van der Waals surface area contributed by atoms with Crippen molar-refractivity contribution in [2.75, 3.05) is 0 Å². The third kappa shape index (κ3) is 2.41. The number of fused-ring (bicyclic) bond motifs is 1. The SMILES string of the molecule is Cc1cnc2c(c1)nc(C(C)Cl)n2-c1cccc(Cl)c1C. The predicted molar refractivity (Wildman–Crippen MR) is 87.6 cm³/mol. The van der Waals surface area contributed by atoms with Gasteiger partial charge in [0.05, 0.1) is 11.1 Å². The standard InChI is InChI=1S/C16H15Cl2N3/c1-9-7-13-16(19-8-9)21(15(20-13)11(3)17)14-6-4-5-12(18)10(14)2/h4-8,11H,1-3H3. The van der Waals surface area contributed by atoms with E-state index in [0.717, 1.165) is 38.8 Å². The van der Waals surface area contributed by atoms with Gasteiger partial charge in [-0.05, 0) is 50.1 Å². The van der Waals surface area contributed by atoms with E-state index in [4.69, 9.17) is 23.2 Å². The maximum Gasteiger partial charge on any atom is 0.164 e. The summed E-state index contributed by atoms with van der Waals surface area (Å²) in [7, 11) is 0. The fraction of sp³-hybridized carbons (Fsp3) is 0.250. The molecule has 0 amide bonds. The van der Waals surface area contributed by atoms with Crippen LogP contribution in [-0.4, -0.2) is 14.5 Å². The van der Waals surface area contributed by atoms with Crippen LogP contribution in [0.25, 0.3) is 16.9 Å². The second-order valence-electron chi connectivity index (χ2n) is 5.16. The molecule has 3 nitrogen and oxygen atoms in total. The van der Waals surface area contributed by atoms with Crippen LogP contribution in [0.5, 0.6) is 0 Å². The Kier molecular flexibility index (Phi) is 3.64. The van der Waals surface area contributed by atoms with Gasteiger partial charge in [-0.1, -0.05) is 17.7 Å². The Bertz CT molecular complexity index is 822. The first-order valence-corrected chi connectivity index (χ1v) is 7.55. The van der Waals surface area contributed by atoms with Gasteiger partial charge in [-0.15, -0.1) is 11.6 Å². The first kappa shape index (κ1) is 14.4. The summed E-state index contributed by atoms with van der Waals surface area (Å²) >= 11 is 12.6. The molecular formula is C16H15Cl2N3. The molecular weight excluding hydrogens is 305 g/mol. The second kappa shape index (κ2) is 5.32. The van der Waals surface area contributed by atoms with Crippen molar-refractivity contribution in [2.45, 2.75) is 26.1 Å². The highest BCUT2D eigenvalue weighted by Crippen LogP contribution is 2.30. The van der Waals surface area contributed by atoms with Gasteiger partial charge in [0.2, 0.25) is 0 Å². The van der Waals surface area contributed by atoms with Crippen LogP contribution in [0.3, 0.4) is 0 Å².